The maximum atomic E-state index is 10.4. The van der Waals surface area contributed by atoms with Gasteiger partial charge < -0.3 is 10.9 Å². The first-order valence-corrected chi connectivity index (χ1v) is 8.72. The van der Waals surface area contributed by atoms with Crippen molar-refractivity contribution in [3.05, 3.63) is 0 Å². The van der Waals surface area contributed by atoms with Crippen molar-refractivity contribution < 1.29 is 10.0 Å². The number of rotatable bonds is 13. The predicted octanol–water partition coefficient (Wildman–Crippen LogP) is 4.50. The third-order valence-corrected chi connectivity index (χ3v) is 3.36. The summed E-state index contributed by atoms with van der Waals surface area (Å²) in [5.41, 5.74) is 5.05. The third kappa shape index (κ3) is 28.3. The Kier molecular flexibility index (Phi) is 20.9. The molecule has 4 nitrogen and oxygen atoms in total. The maximum Gasteiger partial charge on any atom is 0.217 e. The van der Waals surface area contributed by atoms with E-state index in [9.17, 15) is 4.79 Å². The van der Waals surface area contributed by atoms with Gasteiger partial charge in [-0.05, 0) is 12.8 Å². The predicted molar refractivity (Wildman–Crippen MR) is 90.4 cm³/mol. The highest BCUT2D eigenvalue weighted by molar-refractivity contribution is 5.73. The van der Waals surface area contributed by atoms with E-state index < -0.39 is 0 Å². The van der Waals surface area contributed by atoms with Gasteiger partial charge in [-0.1, -0.05) is 71.6 Å². The normalized spacial score (nSPS) is 10.3. The fraction of sp³-hybridized carbons (Fsp3) is 0.941. The highest BCUT2D eigenvalue weighted by Crippen LogP contribution is 2.10. The van der Waals surface area contributed by atoms with Crippen LogP contribution in [0.2, 0.25) is 0 Å². The van der Waals surface area contributed by atoms with Gasteiger partial charge in [0, 0.05) is 20.0 Å². The molecule has 3 N–H and O–H groups in total. The number of carbonyl (C=O) groups excluding carboxylic acids is 1. The SMILES string of the molecule is CCCCCCCCCCCC(N)=O.CCCCN(C)O. The Morgan fingerprint density at radius 3 is 1.62 bits per heavy atom. The number of unbranched alkanes of at least 4 members (excludes halogenated alkanes) is 9. The lowest BCUT2D eigenvalue weighted by Gasteiger charge is -2.03. The van der Waals surface area contributed by atoms with E-state index in [-0.39, 0.29) is 5.91 Å². The highest BCUT2D eigenvalue weighted by atomic mass is 16.5. The molecule has 0 aromatic heterocycles. The Labute approximate surface area is 132 Å². The van der Waals surface area contributed by atoms with Crippen LogP contribution in [0.5, 0.6) is 0 Å². The van der Waals surface area contributed by atoms with Gasteiger partial charge in [0.1, 0.15) is 0 Å². The zero-order valence-corrected chi connectivity index (χ0v) is 14.6. The van der Waals surface area contributed by atoms with Crippen molar-refractivity contribution in [2.24, 2.45) is 5.73 Å². The molecule has 0 saturated heterocycles. The fourth-order valence-corrected chi connectivity index (χ4v) is 2.00. The molecule has 0 aliphatic rings. The summed E-state index contributed by atoms with van der Waals surface area (Å²) in [4.78, 5) is 10.4. The molecule has 0 rings (SSSR count). The van der Waals surface area contributed by atoms with Gasteiger partial charge in [0.25, 0.3) is 0 Å². The monoisotopic (exact) mass is 302 g/mol. The number of hydroxylamine groups is 2. The van der Waals surface area contributed by atoms with Crippen LogP contribution in [-0.4, -0.2) is 29.8 Å². The Morgan fingerprint density at radius 1 is 0.857 bits per heavy atom. The minimum absolute atomic E-state index is 0.159. The van der Waals surface area contributed by atoms with E-state index in [2.05, 4.69) is 13.8 Å². The summed E-state index contributed by atoms with van der Waals surface area (Å²) in [6.07, 6.45) is 14.3. The Hall–Kier alpha value is -0.610. The maximum absolute atomic E-state index is 10.4. The van der Waals surface area contributed by atoms with Crippen LogP contribution in [-0.2, 0) is 4.79 Å². The second-order valence-corrected chi connectivity index (χ2v) is 5.78. The van der Waals surface area contributed by atoms with E-state index in [1.165, 1.54) is 50.0 Å². The van der Waals surface area contributed by atoms with Crippen LogP contribution in [0.4, 0.5) is 0 Å². The Balaban J connectivity index is 0. The number of hydrogen-bond acceptors (Lipinski definition) is 3. The second kappa shape index (κ2) is 19.4. The fourth-order valence-electron chi connectivity index (χ4n) is 2.00. The molecule has 0 aromatic rings. The van der Waals surface area contributed by atoms with Crippen LogP contribution in [0.25, 0.3) is 0 Å². The average molecular weight is 303 g/mol. The Morgan fingerprint density at radius 2 is 1.29 bits per heavy atom. The molecule has 1 amide bonds. The van der Waals surface area contributed by atoms with Crippen LogP contribution < -0.4 is 5.73 Å². The second-order valence-electron chi connectivity index (χ2n) is 5.78. The van der Waals surface area contributed by atoms with Gasteiger partial charge in [0.2, 0.25) is 5.91 Å². The van der Waals surface area contributed by atoms with Gasteiger partial charge in [-0.15, -0.1) is 0 Å². The molecule has 0 unspecified atom stereocenters. The number of nitrogens with two attached hydrogens (primary N) is 1. The van der Waals surface area contributed by atoms with Crippen LogP contribution in [0.1, 0.15) is 90.9 Å². The summed E-state index contributed by atoms with van der Waals surface area (Å²) in [5.74, 6) is -0.159. The van der Waals surface area contributed by atoms with Gasteiger partial charge in [0.15, 0.2) is 0 Å². The zero-order chi connectivity index (χ0) is 16.3. The van der Waals surface area contributed by atoms with E-state index in [0.29, 0.717) is 6.42 Å². The number of hydrogen-bond donors (Lipinski definition) is 2. The summed E-state index contributed by atoms with van der Waals surface area (Å²) in [7, 11) is 1.66. The molecule has 0 saturated carbocycles. The summed E-state index contributed by atoms with van der Waals surface area (Å²) < 4.78 is 0. The summed E-state index contributed by atoms with van der Waals surface area (Å²) in [6, 6.07) is 0. The van der Waals surface area contributed by atoms with Crippen LogP contribution in [0.3, 0.4) is 0 Å². The van der Waals surface area contributed by atoms with E-state index in [1.54, 1.807) is 7.05 Å². The number of amides is 1. The number of primary amides is 1. The van der Waals surface area contributed by atoms with E-state index in [0.717, 1.165) is 32.2 Å². The minimum atomic E-state index is -0.159. The molecule has 0 bridgehead atoms. The first-order valence-electron chi connectivity index (χ1n) is 8.72. The smallest absolute Gasteiger partial charge is 0.217 e. The van der Waals surface area contributed by atoms with E-state index >= 15 is 0 Å². The summed E-state index contributed by atoms with van der Waals surface area (Å²) in [5, 5.41) is 9.73. The minimum Gasteiger partial charge on any atom is -0.370 e. The topological polar surface area (TPSA) is 66.6 Å². The Bertz CT molecular complexity index is 209. The first-order chi connectivity index (χ1) is 10.0. The molecule has 0 aromatic carbocycles. The third-order valence-electron chi connectivity index (χ3n) is 3.36. The molecular weight excluding hydrogens is 264 g/mol. The van der Waals surface area contributed by atoms with Crippen LogP contribution in [0.15, 0.2) is 0 Å². The van der Waals surface area contributed by atoms with Crippen molar-refractivity contribution in [3.8, 4) is 0 Å². The van der Waals surface area contributed by atoms with Gasteiger partial charge in [-0.2, -0.15) is 5.06 Å². The van der Waals surface area contributed by atoms with Gasteiger partial charge in [-0.25, -0.2) is 0 Å². The van der Waals surface area contributed by atoms with Crippen molar-refractivity contribution >= 4 is 5.91 Å². The molecule has 128 valence electrons. The van der Waals surface area contributed by atoms with Gasteiger partial charge in [0.05, 0.1) is 0 Å². The molecule has 0 heterocycles. The van der Waals surface area contributed by atoms with Crippen LogP contribution in [0, 0.1) is 0 Å². The lowest BCUT2D eigenvalue weighted by Crippen LogP contribution is -2.13. The zero-order valence-electron chi connectivity index (χ0n) is 14.6. The van der Waals surface area contributed by atoms with E-state index in [4.69, 9.17) is 10.9 Å². The summed E-state index contributed by atoms with van der Waals surface area (Å²) >= 11 is 0. The van der Waals surface area contributed by atoms with Gasteiger partial charge in [-0.3, -0.25) is 4.79 Å². The molecule has 0 fully saturated rings. The van der Waals surface area contributed by atoms with Crippen molar-refractivity contribution in [2.75, 3.05) is 13.6 Å². The molecule has 0 spiro atoms. The molecular formula is C17H38N2O2. The van der Waals surface area contributed by atoms with Crippen LogP contribution >= 0.6 is 0 Å². The highest BCUT2D eigenvalue weighted by Gasteiger charge is 1.94. The molecule has 0 aliphatic carbocycles. The van der Waals surface area contributed by atoms with Crippen molar-refractivity contribution in [2.45, 2.75) is 90.9 Å². The largest absolute Gasteiger partial charge is 0.370 e. The molecule has 0 radical (unpaired) electrons. The van der Waals surface area contributed by atoms with E-state index in [1.807, 2.05) is 0 Å². The molecule has 0 aliphatic heterocycles. The lowest BCUT2D eigenvalue weighted by molar-refractivity contribution is -0.118. The summed E-state index contributed by atoms with van der Waals surface area (Å²) in [6.45, 7) is 5.13. The molecule has 21 heavy (non-hydrogen) atoms. The molecule has 0 atom stereocenters. The van der Waals surface area contributed by atoms with Gasteiger partial charge >= 0.3 is 0 Å². The number of nitrogens with zero attached hydrogens (tertiary/aromatic N) is 1. The first kappa shape index (κ1) is 22.7. The van der Waals surface area contributed by atoms with Crippen molar-refractivity contribution in [1.82, 2.24) is 5.06 Å². The standard InChI is InChI=1S/C12H25NO.C5H13NO/c1-2-3-4-5-6-7-8-9-10-11-12(13)14;1-3-4-5-6(2)7/h2-11H2,1H3,(H2,13,14);7H,3-5H2,1-2H3. The average Bonchev–Trinajstić information content (AvgIpc) is 2.43. The quantitative estimate of drug-likeness (QED) is 0.389. The molecule has 4 heteroatoms. The van der Waals surface area contributed by atoms with Crippen molar-refractivity contribution in [3.63, 3.8) is 0 Å². The number of carbonyl (C=O) groups is 1. The van der Waals surface area contributed by atoms with Crippen molar-refractivity contribution in [1.29, 1.82) is 0 Å². The lowest BCUT2D eigenvalue weighted by atomic mass is 10.1.